The first-order valence-electron chi connectivity index (χ1n) is 15.0. The summed E-state index contributed by atoms with van der Waals surface area (Å²) in [4.78, 5) is 68.2. The summed E-state index contributed by atoms with van der Waals surface area (Å²) in [5.74, 6) is -8.38. The van der Waals surface area contributed by atoms with Crippen LogP contribution in [0.5, 0.6) is 11.5 Å². The van der Waals surface area contributed by atoms with Crippen molar-refractivity contribution in [1.29, 1.82) is 0 Å². The van der Waals surface area contributed by atoms with Crippen molar-refractivity contribution in [3.63, 3.8) is 0 Å². The summed E-state index contributed by atoms with van der Waals surface area (Å²) in [6.45, 7) is 3.01. The zero-order valence-electron chi connectivity index (χ0n) is 26.8. The Bertz CT molecular complexity index is 1900. The zero-order chi connectivity index (χ0) is 36.1. The van der Waals surface area contributed by atoms with Gasteiger partial charge in [-0.05, 0) is 31.0 Å². The third-order valence-corrected chi connectivity index (χ3v) is 9.87. The van der Waals surface area contributed by atoms with Gasteiger partial charge in [-0.1, -0.05) is 6.07 Å². The van der Waals surface area contributed by atoms with Gasteiger partial charge in [0, 0.05) is 43.4 Å². The topological polar surface area (TPSA) is 256 Å². The van der Waals surface area contributed by atoms with Crippen LogP contribution in [-0.4, -0.2) is 123 Å². The van der Waals surface area contributed by atoms with Crippen LogP contribution in [0.2, 0.25) is 0 Å². The number of phenolic OH excluding ortho intramolecular Hbond substituents is 2. The summed E-state index contributed by atoms with van der Waals surface area (Å²) in [6.07, 6.45) is -7.03. The number of nitrogens with one attached hydrogen (secondary N) is 1. The van der Waals surface area contributed by atoms with Gasteiger partial charge < -0.3 is 54.9 Å². The predicted molar refractivity (Wildman–Crippen MR) is 161 cm³/mol. The Morgan fingerprint density at radius 3 is 2.20 bits per heavy atom. The molecule has 6 rings (SSSR count). The Balaban J connectivity index is 1.49. The zero-order valence-corrected chi connectivity index (χ0v) is 26.8. The Morgan fingerprint density at radius 2 is 1.59 bits per heavy atom. The molecule has 3 aliphatic carbocycles. The quantitative estimate of drug-likeness (QED) is 0.188. The van der Waals surface area contributed by atoms with E-state index < -0.39 is 134 Å². The average molecular weight is 684 g/mol. The lowest BCUT2D eigenvalue weighted by Gasteiger charge is -2.51. The van der Waals surface area contributed by atoms with Gasteiger partial charge in [0.25, 0.3) is 0 Å². The highest BCUT2D eigenvalue weighted by atomic mass is 16.6. The third-order valence-electron chi connectivity index (χ3n) is 9.87. The summed E-state index contributed by atoms with van der Waals surface area (Å²) in [5, 5.41) is 71.1. The fourth-order valence-corrected chi connectivity index (χ4v) is 7.49. The number of ketones is 4. The number of hydrogen-bond acceptors (Lipinski definition) is 16. The number of esters is 1. The molecule has 0 radical (unpaired) electrons. The van der Waals surface area contributed by atoms with E-state index in [1.807, 2.05) is 0 Å². The van der Waals surface area contributed by atoms with E-state index in [0.717, 1.165) is 19.3 Å². The van der Waals surface area contributed by atoms with E-state index in [2.05, 4.69) is 5.32 Å². The van der Waals surface area contributed by atoms with Crippen LogP contribution in [0.3, 0.4) is 0 Å². The summed E-state index contributed by atoms with van der Waals surface area (Å²) in [6, 6.07) is 2.04. The molecular weight excluding hydrogens is 650 g/mol. The Labute approximate surface area is 277 Å². The second-order valence-electron chi connectivity index (χ2n) is 12.4. The van der Waals surface area contributed by atoms with Gasteiger partial charge in [-0.3, -0.25) is 19.2 Å². The number of aliphatic hydroxyl groups is 4. The molecule has 0 saturated carbocycles. The fraction of sp³-hybridized carbons (Fsp3) is 0.424. The minimum atomic E-state index is -3.46. The number of allylic oxidation sites excluding steroid dienone is 2. The largest absolute Gasteiger partial charge is 0.507 e. The van der Waals surface area contributed by atoms with Crippen LogP contribution in [0.25, 0.3) is 0 Å². The number of carbonyl (C=O) groups is 5. The Morgan fingerprint density at radius 1 is 0.939 bits per heavy atom. The number of Topliss-reactive ketones (excluding diaryl/α,β-unsaturated/α-hetero) is 3. The van der Waals surface area contributed by atoms with Crippen molar-refractivity contribution in [2.24, 2.45) is 0 Å². The molecule has 1 heterocycles. The molecule has 49 heavy (non-hydrogen) atoms. The van der Waals surface area contributed by atoms with Crippen molar-refractivity contribution >= 4 is 29.1 Å². The van der Waals surface area contributed by atoms with Gasteiger partial charge in [0.2, 0.25) is 17.3 Å². The lowest BCUT2D eigenvalue weighted by molar-refractivity contribution is -0.236. The Kier molecular flexibility index (Phi) is 8.07. The van der Waals surface area contributed by atoms with Gasteiger partial charge in [-0.25, -0.2) is 4.79 Å². The first kappa shape index (κ1) is 34.3. The summed E-state index contributed by atoms with van der Waals surface area (Å²) in [5.41, 5.74) is -11.6. The molecule has 7 N–H and O–H groups in total. The second-order valence-corrected chi connectivity index (χ2v) is 12.4. The fourth-order valence-electron chi connectivity index (χ4n) is 7.49. The van der Waals surface area contributed by atoms with E-state index in [0.29, 0.717) is 0 Å². The maximum atomic E-state index is 14.3. The van der Waals surface area contributed by atoms with E-state index in [1.165, 1.54) is 27.2 Å². The smallest absolute Gasteiger partial charge is 0.341 e. The molecule has 0 aromatic heterocycles. The summed E-state index contributed by atoms with van der Waals surface area (Å²) < 4.78 is 21.2. The summed E-state index contributed by atoms with van der Waals surface area (Å²) >= 11 is 0. The van der Waals surface area contributed by atoms with Gasteiger partial charge in [0.1, 0.15) is 35.4 Å². The number of methoxy groups -OCH3 is 3. The van der Waals surface area contributed by atoms with Gasteiger partial charge in [-0.15, -0.1) is 0 Å². The van der Waals surface area contributed by atoms with E-state index >= 15 is 0 Å². The molecule has 0 spiro atoms. The van der Waals surface area contributed by atoms with Gasteiger partial charge in [0.05, 0.1) is 36.1 Å². The number of benzene rings is 2. The highest BCUT2D eigenvalue weighted by Crippen LogP contribution is 2.55. The predicted octanol–water partition coefficient (Wildman–Crippen LogP) is -0.904. The van der Waals surface area contributed by atoms with Crippen LogP contribution in [0.1, 0.15) is 75.4 Å². The maximum absolute atomic E-state index is 14.3. The van der Waals surface area contributed by atoms with Crippen LogP contribution in [0, 0.1) is 6.92 Å². The standard InChI is InChI=1S/C33H33NO15/c1-10-6-12-7-17(36)32(44)29(42)20-14(28(41)33(32,45)21(12)24(39)18(10)31(43)48-5)8-13-19(23(20)38)16(35)9-15(22(13)37)34-30-27(47-4)25(40)26(46-3)11(2)49-30/h6,8-9,11,17,25-27,30,34,36,38-40,44-45H,7H2,1-5H3/t11-,17-,25+,26-,27+,30-,32-,33+/m1/s1. The molecule has 2 aromatic carbocycles. The highest BCUT2D eigenvalue weighted by Gasteiger charge is 2.71. The monoisotopic (exact) mass is 683 g/mol. The second kappa shape index (κ2) is 11.5. The van der Waals surface area contributed by atoms with Crippen LogP contribution in [0.15, 0.2) is 23.9 Å². The molecule has 1 aliphatic heterocycles. The number of phenols is 2. The minimum absolute atomic E-state index is 0.0953. The molecule has 16 heteroatoms. The van der Waals surface area contributed by atoms with Crippen molar-refractivity contribution in [1.82, 2.24) is 5.32 Å². The minimum Gasteiger partial charge on any atom is -0.507 e. The normalized spacial score (nSPS) is 32.1. The van der Waals surface area contributed by atoms with Crippen LogP contribution in [0.4, 0.5) is 0 Å². The van der Waals surface area contributed by atoms with Gasteiger partial charge in [-0.2, -0.15) is 0 Å². The van der Waals surface area contributed by atoms with Crippen LogP contribution < -0.4 is 5.32 Å². The van der Waals surface area contributed by atoms with Crippen molar-refractivity contribution in [3.05, 3.63) is 68.4 Å². The van der Waals surface area contributed by atoms with Crippen LogP contribution >= 0.6 is 0 Å². The van der Waals surface area contributed by atoms with Crippen molar-refractivity contribution in [3.8, 4) is 11.5 Å². The molecule has 0 amide bonds. The number of aliphatic hydroxyl groups excluding tert-OH is 2. The average Bonchev–Trinajstić information content (AvgIpc) is 3.04. The Hall–Kier alpha value is -4.55. The first-order chi connectivity index (χ1) is 23.0. The van der Waals surface area contributed by atoms with Crippen LogP contribution in [-0.2, 0) is 31.0 Å². The number of aromatic hydroxyl groups is 2. The molecule has 16 nitrogen and oxygen atoms in total. The summed E-state index contributed by atoms with van der Waals surface area (Å²) in [7, 11) is 3.65. The molecule has 1 fully saturated rings. The maximum Gasteiger partial charge on any atom is 0.341 e. The molecule has 4 aliphatic rings. The number of aryl methyl sites for hydroxylation is 1. The van der Waals surface area contributed by atoms with E-state index in [-0.39, 0.29) is 11.1 Å². The molecule has 260 valence electrons. The number of rotatable bonds is 5. The van der Waals surface area contributed by atoms with Crippen molar-refractivity contribution in [2.45, 2.75) is 68.2 Å². The molecule has 0 bridgehead atoms. The number of hydrogen-bond donors (Lipinski definition) is 7. The lowest BCUT2D eigenvalue weighted by atomic mass is 9.57. The molecule has 2 aromatic rings. The van der Waals surface area contributed by atoms with Gasteiger partial charge in [0.15, 0.2) is 23.2 Å². The molecule has 1 saturated heterocycles. The molecular formula is C33H33NO15. The number of fused-ring (bicyclic) bond motifs is 5. The van der Waals surface area contributed by atoms with Crippen molar-refractivity contribution in [2.75, 3.05) is 21.3 Å². The van der Waals surface area contributed by atoms with E-state index in [4.69, 9.17) is 18.9 Å². The van der Waals surface area contributed by atoms with E-state index in [9.17, 15) is 54.6 Å². The number of carbonyl (C=O) groups excluding carboxylic acids is 5. The molecule has 0 unspecified atom stereocenters. The SMILES string of the molecule is COC(=O)c1c(C)cc2c(c1O)[C@]1(O)C(=O)c3cc4c(c(O)c3C(=O)[C@]1(O)[C@H](O)C2)C(=O)C=C(N[C@@H]1O[C@H](C)[C@@H](OC)[C@H](O)[C@@H]1OC)C4=O. The number of ether oxygens (including phenoxy) is 4. The third kappa shape index (κ3) is 4.39. The van der Waals surface area contributed by atoms with Gasteiger partial charge >= 0.3 is 5.97 Å². The lowest BCUT2D eigenvalue weighted by Crippen LogP contribution is -2.72. The first-order valence-corrected chi connectivity index (χ1v) is 15.0. The molecule has 8 atom stereocenters. The van der Waals surface area contributed by atoms with Crippen molar-refractivity contribution < 1.29 is 73.6 Å². The van der Waals surface area contributed by atoms with E-state index in [1.54, 1.807) is 6.92 Å². The highest BCUT2D eigenvalue weighted by molar-refractivity contribution is 6.30.